The Balaban J connectivity index is 1.35. The molecule has 0 fully saturated rings. The molecule has 1 atom stereocenters. The second-order valence-electron chi connectivity index (χ2n) is 8.74. The second kappa shape index (κ2) is 7.85. The van der Waals surface area contributed by atoms with Gasteiger partial charge in [0.1, 0.15) is 12.7 Å². The molecule has 0 N–H and O–H groups in total. The van der Waals surface area contributed by atoms with E-state index in [2.05, 4.69) is 32.4 Å². The number of hydrogen-bond acceptors (Lipinski definition) is 7. The van der Waals surface area contributed by atoms with E-state index < -0.39 is 0 Å². The molecule has 0 radical (unpaired) electrons. The number of aryl methyl sites for hydroxylation is 2. The average Bonchev–Trinajstić information content (AvgIpc) is 3.64. The van der Waals surface area contributed by atoms with Crippen LogP contribution in [0.5, 0.6) is 0 Å². The van der Waals surface area contributed by atoms with Crippen LogP contribution in [0.25, 0.3) is 27.9 Å². The summed E-state index contributed by atoms with van der Waals surface area (Å²) in [7, 11) is 1.99. The first-order valence-electron chi connectivity index (χ1n) is 11.4. The van der Waals surface area contributed by atoms with Crippen molar-refractivity contribution in [2.75, 3.05) is 6.54 Å². The van der Waals surface area contributed by atoms with E-state index in [0.717, 1.165) is 33.3 Å². The minimum atomic E-state index is -0.0269. The fourth-order valence-electron chi connectivity index (χ4n) is 4.87. The van der Waals surface area contributed by atoms with Gasteiger partial charge in [-0.15, -0.1) is 0 Å². The molecule has 0 saturated carbocycles. The molecule has 1 unspecified atom stereocenters. The third-order valence-electron chi connectivity index (χ3n) is 6.59. The molecule has 0 bridgehead atoms. The quantitative estimate of drug-likeness (QED) is 0.353. The Morgan fingerprint density at radius 1 is 0.971 bits per heavy atom. The molecule has 1 aliphatic heterocycles. The van der Waals surface area contributed by atoms with E-state index in [-0.39, 0.29) is 10.4 Å². The van der Waals surface area contributed by atoms with Gasteiger partial charge in [0, 0.05) is 37.2 Å². The van der Waals surface area contributed by atoms with Crippen LogP contribution in [0, 0.1) is 6.92 Å². The number of para-hydroxylation sites is 2. The number of carbonyl (C=O) groups excluding carboxylic acids is 1. The fraction of sp³-hybridized carbons (Fsp3) is 0.192. The Bertz CT molecular complexity index is 1620. The van der Waals surface area contributed by atoms with E-state index in [9.17, 15) is 4.79 Å². The van der Waals surface area contributed by atoms with Crippen molar-refractivity contribution in [1.82, 2.24) is 29.3 Å². The molecule has 1 amide bonds. The maximum atomic E-state index is 13.1. The van der Waals surface area contributed by atoms with Gasteiger partial charge in [-0.3, -0.25) is 0 Å². The van der Waals surface area contributed by atoms with E-state index in [1.165, 1.54) is 0 Å². The molecule has 2 aromatic carbocycles. The van der Waals surface area contributed by atoms with Gasteiger partial charge in [-0.05, 0) is 18.2 Å². The van der Waals surface area contributed by atoms with Gasteiger partial charge in [-0.25, -0.2) is 9.28 Å². The summed E-state index contributed by atoms with van der Waals surface area (Å²) in [6.45, 7) is 3.75. The molecule has 6 rings (SSSR count). The minimum absolute atomic E-state index is 0.00417. The van der Waals surface area contributed by atoms with Crippen LogP contribution in [0.2, 0.25) is 0 Å². The van der Waals surface area contributed by atoms with Gasteiger partial charge in [-0.1, -0.05) is 34.6 Å². The highest BCUT2D eigenvalue weighted by atomic mass is 16.5. The van der Waals surface area contributed by atoms with E-state index >= 15 is 0 Å². The summed E-state index contributed by atoms with van der Waals surface area (Å²) in [4.78, 5) is 22.2. The van der Waals surface area contributed by atoms with Crippen LogP contribution in [0.3, 0.4) is 0 Å². The molecule has 0 saturated heterocycles. The van der Waals surface area contributed by atoms with Gasteiger partial charge in [-0.2, -0.15) is 9.97 Å². The summed E-state index contributed by atoms with van der Waals surface area (Å²) in [6.07, 6.45) is 4.33. The van der Waals surface area contributed by atoms with Crippen molar-refractivity contribution in [3.8, 4) is 11.4 Å². The lowest BCUT2D eigenvalue weighted by atomic mass is 10.1. The van der Waals surface area contributed by atoms with Crippen molar-refractivity contribution in [2.45, 2.75) is 20.3 Å². The maximum absolute atomic E-state index is 13.1. The monoisotopic (exact) mass is 467 g/mol. The summed E-state index contributed by atoms with van der Waals surface area (Å²) < 4.78 is 12.9. The lowest BCUT2D eigenvalue weighted by molar-refractivity contribution is -0.125. The number of hydrogen-bond donors (Lipinski definition) is 0. The molecule has 1 aliphatic rings. The van der Waals surface area contributed by atoms with Crippen LogP contribution < -0.4 is 4.48 Å². The maximum Gasteiger partial charge on any atom is 0.320 e. The number of amides is 1. The highest BCUT2D eigenvalue weighted by Crippen LogP contribution is 2.43. The second-order valence-corrected chi connectivity index (χ2v) is 8.74. The molecule has 3 aromatic heterocycles. The van der Waals surface area contributed by atoms with Crippen LogP contribution >= 0.6 is 0 Å². The average molecular weight is 468 g/mol. The zero-order valence-corrected chi connectivity index (χ0v) is 19.6. The molecule has 9 nitrogen and oxygen atoms in total. The Morgan fingerprint density at radius 2 is 1.77 bits per heavy atom. The van der Waals surface area contributed by atoms with Crippen LogP contribution in [-0.4, -0.2) is 37.3 Å². The van der Waals surface area contributed by atoms with Crippen LogP contribution in [0.1, 0.15) is 30.1 Å². The number of quaternary nitrogens is 1. The van der Waals surface area contributed by atoms with E-state index in [1.54, 1.807) is 13.8 Å². The Hall–Kier alpha value is -4.37. The van der Waals surface area contributed by atoms with Gasteiger partial charge in [0.15, 0.2) is 5.69 Å². The van der Waals surface area contributed by atoms with Crippen molar-refractivity contribution < 1.29 is 13.8 Å². The molecular weight excluding hydrogens is 444 g/mol. The molecule has 174 valence electrons. The van der Waals surface area contributed by atoms with Crippen LogP contribution in [0.15, 0.2) is 70.0 Å². The standard InChI is InChI=1S/C26H23N6O3/c1-16-27-26(29-34-16)21-15-32(17(2)33,22-10-5-4-8-19(21)22)14-12-23-28-25(30-35-23)20-9-6-7-18-11-13-31(3)24(18)20/h4-11,13,15H,12,14H2,1-3H3/q+1. The highest BCUT2D eigenvalue weighted by Gasteiger charge is 2.44. The summed E-state index contributed by atoms with van der Waals surface area (Å²) in [5, 5.41) is 9.44. The minimum Gasteiger partial charge on any atom is -0.350 e. The first-order valence-corrected chi connectivity index (χ1v) is 11.4. The third kappa shape index (κ3) is 3.31. The Labute approximate surface area is 200 Å². The molecular formula is C26H23N6O3+. The molecule has 9 heteroatoms. The lowest BCUT2D eigenvalue weighted by Gasteiger charge is -2.27. The highest BCUT2D eigenvalue weighted by molar-refractivity contribution is 6.00. The van der Waals surface area contributed by atoms with E-state index in [0.29, 0.717) is 36.4 Å². The molecule has 0 aliphatic carbocycles. The third-order valence-corrected chi connectivity index (χ3v) is 6.59. The van der Waals surface area contributed by atoms with Gasteiger partial charge in [0.05, 0.1) is 30.0 Å². The summed E-state index contributed by atoms with van der Waals surface area (Å²) >= 11 is 0. The number of nitrogens with zero attached hydrogens (tertiary/aromatic N) is 6. The first-order chi connectivity index (χ1) is 17.0. The van der Waals surface area contributed by atoms with Gasteiger partial charge in [0.25, 0.3) is 0 Å². The number of rotatable bonds is 5. The van der Waals surface area contributed by atoms with Crippen molar-refractivity contribution in [1.29, 1.82) is 0 Å². The number of fused-ring (bicyclic) bond motifs is 2. The first kappa shape index (κ1) is 21.2. The zero-order chi connectivity index (χ0) is 24.2. The van der Waals surface area contributed by atoms with Crippen molar-refractivity contribution in [3.05, 3.63) is 84.1 Å². The fourth-order valence-corrected chi connectivity index (χ4v) is 4.87. The largest absolute Gasteiger partial charge is 0.350 e. The Kier molecular flexibility index (Phi) is 4.75. The van der Waals surface area contributed by atoms with Crippen LogP contribution in [0.4, 0.5) is 5.69 Å². The summed E-state index contributed by atoms with van der Waals surface area (Å²) in [6, 6.07) is 15.9. The Morgan fingerprint density at radius 3 is 2.57 bits per heavy atom. The smallest absolute Gasteiger partial charge is 0.320 e. The van der Waals surface area contributed by atoms with Gasteiger partial charge < -0.3 is 13.6 Å². The number of benzene rings is 2. The molecule has 5 aromatic rings. The van der Waals surface area contributed by atoms with Gasteiger partial charge in [0.2, 0.25) is 23.4 Å². The normalized spacial score (nSPS) is 17.1. The predicted octanol–water partition coefficient (Wildman–Crippen LogP) is 4.42. The zero-order valence-electron chi connectivity index (χ0n) is 19.6. The predicted molar refractivity (Wildman–Crippen MR) is 130 cm³/mol. The van der Waals surface area contributed by atoms with Gasteiger partial charge >= 0.3 is 5.91 Å². The van der Waals surface area contributed by atoms with Crippen LogP contribution in [-0.2, 0) is 18.3 Å². The number of aromatic nitrogens is 5. The van der Waals surface area contributed by atoms with Crippen molar-refractivity contribution >= 4 is 28.1 Å². The topological polar surface area (TPSA) is 99.8 Å². The summed E-state index contributed by atoms with van der Waals surface area (Å²) in [5.74, 6) is 1.91. The SMILES string of the molecule is CC(=O)[N+]1(CCc2nc(-c3cccc4ccn(C)c34)no2)C=C(c2noc(C)n2)c2ccccc21. The molecule has 4 heterocycles. The summed E-state index contributed by atoms with van der Waals surface area (Å²) in [5.41, 5.74) is 4.50. The van der Waals surface area contributed by atoms with E-state index in [1.807, 2.05) is 60.4 Å². The number of carbonyl (C=O) groups is 1. The van der Waals surface area contributed by atoms with Crippen molar-refractivity contribution in [2.24, 2.45) is 7.05 Å². The molecule has 0 spiro atoms. The van der Waals surface area contributed by atoms with E-state index in [4.69, 9.17) is 9.05 Å². The lowest BCUT2D eigenvalue weighted by Crippen LogP contribution is -2.48. The van der Waals surface area contributed by atoms with Crippen molar-refractivity contribution in [3.63, 3.8) is 0 Å². The molecule has 35 heavy (non-hydrogen) atoms.